The van der Waals surface area contributed by atoms with Gasteiger partial charge in [0.05, 0.1) is 6.61 Å². The number of para-hydroxylation sites is 1. The predicted molar refractivity (Wildman–Crippen MR) is 80.8 cm³/mol. The fraction of sp³-hybridized carbons (Fsp3) is 0.625. The Morgan fingerprint density at radius 1 is 1.32 bits per heavy atom. The number of fused-ring (bicyclic) bond motifs is 1. The van der Waals surface area contributed by atoms with Gasteiger partial charge in [0.1, 0.15) is 0 Å². The van der Waals surface area contributed by atoms with Crippen LogP contribution in [0.5, 0.6) is 0 Å². The molecular weight excluding hydrogens is 236 g/mol. The number of ether oxygens (including phenoxy) is 1. The van der Waals surface area contributed by atoms with Crippen molar-refractivity contribution >= 4 is 5.69 Å². The lowest BCUT2D eigenvalue weighted by Crippen LogP contribution is -2.28. The molecule has 3 heteroatoms. The van der Waals surface area contributed by atoms with E-state index >= 15 is 0 Å². The summed E-state index contributed by atoms with van der Waals surface area (Å²) in [5.74, 6) is 0. The predicted octanol–water partition coefficient (Wildman–Crippen LogP) is 2.97. The fourth-order valence-corrected chi connectivity index (χ4v) is 2.79. The van der Waals surface area contributed by atoms with Gasteiger partial charge in [-0.2, -0.15) is 0 Å². The Morgan fingerprint density at radius 2 is 2.16 bits per heavy atom. The van der Waals surface area contributed by atoms with Gasteiger partial charge in [-0.25, -0.2) is 0 Å². The maximum Gasteiger partial charge on any atom is 0.0641 e. The maximum absolute atomic E-state index is 5.64. The number of rotatable bonds is 6. The van der Waals surface area contributed by atoms with Gasteiger partial charge in [0.25, 0.3) is 0 Å². The average molecular weight is 262 g/mol. The normalized spacial score (nSPS) is 19.1. The zero-order valence-electron chi connectivity index (χ0n) is 12.2. The van der Waals surface area contributed by atoms with E-state index in [1.54, 1.807) is 0 Å². The molecule has 0 aromatic heterocycles. The van der Waals surface area contributed by atoms with Crippen LogP contribution in [-0.2, 0) is 4.74 Å². The van der Waals surface area contributed by atoms with Gasteiger partial charge in [-0.05, 0) is 37.9 Å². The van der Waals surface area contributed by atoms with Crippen LogP contribution in [-0.4, -0.2) is 33.4 Å². The molecule has 0 saturated heterocycles. The molecule has 1 atom stereocenters. The fourth-order valence-electron chi connectivity index (χ4n) is 2.79. The second kappa shape index (κ2) is 7.51. The molecule has 1 heterocycles. The van der Waals surface area contributed by atoms with Gasteiger partial charge in [0.15, 0.2) is 0 Å². The third-order valence-electron chi connectivity index (χ3n) is 3.78. The van der Waals surface area contributed by atoms with Gasteiger partial charge >= 0.3 is 0 Å². The van der Waals surface area contributed by atoms with Crippen LogP contribution in [0.3, 0.4) is 0 Å². The van der Waals surface area contributed by atoms with E-state index in [2.05, 4.69) is 48.5 Å². The molecule has 1 N–H and O–H groups in total. The summed E-state index contributed by atoms with van der Waals surface area (Å²) in [5.41, 5.74) is 2.80. The number of hydrogen-bond donors (Lipinski definition) is 1. The zero-order chi connectivity index (χ0) is 13.5. The first-order valence-corrected chi connectivity index (χ1v) is 7.45. The van der Waals surface area contributed by atoms with Crippen LogP contribution in [0.25, 0.3) is 0 Å². The van der Waals surface area contributed by atoms with Gasteiger partial charge in [-0.1, -0.05) is 25.1 Å². The Balaban J connectivity index is 2.07. The largest absolute Gasteiger partial charge is 0.380 e. The molecule has 0 aliphatic carbocycles. The molecule has 0 fully saturated rings. The van der Waals surface area contributed by atoms with E-state index in [0.717, 1.165) is 32.7 Å². The minimum absolute atomic E-state index is 0.484. The SMILES string of the molecule is CCCOCCN1CCCC(NC)c2ccccc21. The van der Waals surface area contributed by atoms with E-state index in [9.17, 15) is 0 Å². The van der Waals surface area contributed by atoms with Crippen molar-refractivity contribution in [1.29, 1.82) is 0 Å². The molecule has 3 nitrogen and oxygen atoms in total. The van der Waals surface area contributed by atoms with Gasteiger partial charge < -0.3 is 15.0 Å². The van der Waals surface area contributed by atoms with Crippen molar-refractivity contribution in [3.63, 3.8) is 0 Å². The van der Waals surface area contributed by atoms with Crippen LogP contribution in [0.15, 0.2) is 24.3 Å². The van der Waals surface area contributed by atoms with Gasteiger partial charge in [0.2, 0.25) is 0 Å². The third-order valence-corrected chi connectivity index (χ3v) is 3.78. The van der Waals surface area contributed by atoms with Crippen LogP contribution >= 0.6 is 0 Å². The van der Waals surface area contributed by atoms with Crippen LogP contribution in [0.1, 0.15) is 37.8 Å². The summed E-state index contributed by atoms with van der Waals surface area (Å²) in [4.78, 5) is 2.47. The number of nitrogens with zero attached hydrogens (tertiary/aromatic N) is 1. The Bertz CT molecular complexity index is 381. The highest BCUT2D eigenvalue weighted by Gasteiger charge is 2.20. The highest BCUT2D eigenvalue weighted by molar-refractivity contribution is 5.55. The van der Waals surface area contributed by atoms with Crippen molar-refractivity contribution in [3.8, 4) is 0 Å². The van der Waals surface area contributed by atoms with Crippen LogP contribution in [0.2, 0.25) is 0 Å². The van der Waals surface area contributed by atoms with Gasteiger partial charge in [-0.3, -0.25) is 0 Å². The monoisotopic (exact) mass is 262 g/mol. The van der Waals surface area contributed by atoms with Crippen molar-refractivity contribution in [1.82, 2.24) is 5.32 Å². The van der Waals surface area contributed by atoms with E-state index in [0.29, 0.717) is 6.04 Å². The van der Waals surface area contributed by atoms with E-state index < -0.39 is 0 Å². The molecule has 1 aromatic rings. The Labute approximate surface area is 116 Å². The van der Waals surface area contributed by atoms with Crippen LogP contribution < -0.4 is 10.2 Å². The van der Waals surface area contributed by atoms with Crippen molar-refractivity contribution in [2.24, 2.45) is 0 Å². The average Bonchev–Trinajstić information content (AvgIpc) is 2.63. The second-order valence-electron chi connectivity index (χ2n) is 5.14. The quantitative estimate of drug-likeness (QED) is 0.798. The van der Waals surface area contributed by atoms with Crippen LogP contribution in [0, 0.1) is 0 Å². The van der Waals surface area contributed by atoms with Gasteiger partial charge in [-0.15, -0.1) is 0 Å². The number of benzene rings is 1. The molecule has 2 rings (SSSR count). The molecule has 0 spiro atoms. The molecule has 1 aliphatic heterocycles. The molecule has 1 unspecified atom stereocenters. The highest BCUT2D eigenvalue weighted by Crippen LogP contribution is 2.32. The minimum atomic E-state index is 0.484. The molecule has 1 aliphatic rings. The smallest absolute Gasteiger partial charge is 0.0641 e. The first-order chi connectivity index (χ1) is 9.36. The lowest BCUT2D eigenvalue weighted by atomic mass is 10.0. The molecule has 1 aromatic carbocycles. The second-order valence-corrected chi connectivity index (χ2v) is 5.14. The summed E-state index contributed by atoms with van der Waals surface area (Å²) in [5, 5.41) is 3.44. The van der Waals surface area contributed by atoms with Crippen LogP contribution in [0.4, 0.5) is 5.69 Å². The number of anilines is 1. The van der Waals surface area contributed by atoms with Crippen molar-refractivity contribution in [2.75, 3.05) is 38.3 Å². The van der Waals surface area contributed by atoms with Gasteiger partial charge in [0, 0.05) is 31.4 Å². The van der Waals surface area contributed by atoms with E-state index in [1.165, 1.54) is 24.1 Å². The maximum atomic E-state index is 5.64. The summed E-state index contributed by atoms with van der Waals surface area (Å²) in [6, 6.07) is 9.25. The molecular formula is C16H26N2O. The van der Waals surface area contributed by atoms with Crippen molar-refractivity contribution in [3.05, 3.63) is 29.8 Å². The Kier molecular flexibility index (Phi) is 5.67. The number of hydrogen-bond acceptors (Lipinski definition) is 3. The molecule has 19 heavy (non-hydrogen) atoms. The van der Waals surface area contributed by atoms with Crippen molar-refractivity contribution in [2.45, 2.75) is 32.2 Å². The lowest BCUT2D eigenvalue weighted by molar-refractivity contribution is 0.141. The first-order valence-electron chi connectivity index (χ1n) is 7.45. The molecule has 0 radical (unpaired) electrons. The zero-order valence-corrected chi connectivity index (χ0v) is 12.2. The van der Waals surface area contributed by atoms with E-state index in [1.807, 2.05) is 0 Å². The molecule has 0 saturated carbocycles. The summed E-state index contributed by atoms with van der Waals surface area (Å²) < 4.78 is 5.64. The lowest BCUT2D eigenvalue weighted by Gasteiger charge is -2.25. The Hall–Kier alpha value is -1.06. The summed E-state index contributed by atoms with van der Waals surface area (Å²) in [6.07, 6.45) is 3.53. The van der Waals surface area contributed by atoms with Crippen molar-refractivity contribution < 1.29 is 4.74 Å². The summed E-state index contributed by atoms with van der Waals surface area (Å²) >= 11 is 0. The third kappa shape index (κ3) is 3.71. The standard InChI is InChI=1S/C16H26N2O/c1-3-12-19-13-11-18-10-6-8-15(17-2)14-7-4-5-9-16(14)18/h4-5,7,9,15,17H,3,6,8,10-13H2,1-2H3. The molecule has 106 valence electrons. The number of nitrogens with one attached hydrogen (secondary N) is 1. The van der Waals surface area contributed by atoms with E-state index in [-0.39, 0.29) is 0 Å². The topological polar surface area (TPSA) is 24.5 Å². The Morgan fingerprint density at radius 3 is 2.95 bits per heavy atom. The molecule has 0 amide bonds. The highest BCUT2D eigenvalue weighted by atomic mass is 16.5. The first kappa shape index (κ1) is 14.4. The summed E-state index contributed by atoms with van der Waals surface area (Å²) in [7, 11) is 2.06. The summed E-state index contributed by atoms with van der Waals surface area (Å²) in [6.45, 7) is 5.97. The minimum Gasteiger partial charge on any atom is -0.380 e. The molecule has 0 bridgehead atoms. The van der Waals surface area contributed by atoms with E-state index in [4.69, 9.17) is 4.74 Å².